The molecule has 0 radical (unpaired) electrons. The Hall–Kier alpha value is -1.57. The molecule has 0 spiro atoms. The molecule has 1 aromatic carbocycles. The molecule has 0 aliphatic heterocycles. The van der Waals surface area contributed by atoms with E-state index in [1.54, 1.807) is 6.20 Å². The van der Waals surface area contributed by atoms with Crippen LogP contribution in [0.2, 0.25) is 0 Å². The fourth-order valence-electron chi connectivity index (χ4n) is 1.66. The van der Waals surface area contributed by atoms with Gasteiger partial charge in [0.1, 0.15) is 5.82 Å². The molecule has 78 valence electrons. The van der Waals surface area contributed by atoms with E-state index in [2.05, 4.69) is 44.0 Å². The van der Waals surface area contributed by atoms with E-state index < -0.39 is 0 Å². The first-order chi connectivity index (χ1) is 6.98. The number of rotatable bonds is 0. The Morgan fingerprint density at radius 1 is 1.13 bits per heavy atom. The summed E-state index contributed by atoms with van der Waals surface area (Å²) in [4.78, 5) is 4.11. The van der Waals surface area contributed by atoms with Gasteiger partial charge in [0.2, 0.25) is 0 Å². The van der Waals surface area contributed by atoms with Gasteiger partial charge in [0, 0.05) is 11.6 Å². The van der Waals surface area contributed by atoms with E-state index >= 15 is 0 Å². The number of nitrogens with two attached hydrogens (primary N) is 1. The standard InChI is InChI=1S/C13H16N2/c1-13(2,3)10-5-4-9-6-7-15-12(14)11(9)8-10/h4-8H,1-3H3,(H2,14,15). The topological polar surface area (TPSA) is 38.9 Å². The predicted octanol–water partition coefficient (Wildman–Crippen LogP) is 3.11. The maximum atomic E-state index is 5.86. The molecule has 2 N–H and O–H groups in total. The molecule has 0 fully saturated rings. The lowest BCUT2D eigenvalue weighted by Crippen LogP contribution is -2.10. The summed E-state index contributed by atoms with van der Waals surface area (Å²) in [5, 5.41) is 2.19. The molecule has 0 amide bonds. The minimum absolute atomic E-state index is 0.149. The number of nitrogen functional groups attached to an aromatic ring is 1. The summed E-state index contributed by atoms with van der Waals surface area (Å²) in [5.41, 5.74) is 7.29. The van der Waals surface area contributed by atoms with Gasteiger partial charge in [-0.2, -0.15) is 0 Å². The second-order valence-corrected chi connectivity index (χ2v) is 4.88. The summed E-state index contributed by atoms with van der Waals surface area (Å²) in [7, 11) is 0. The average molecular weight is 200 g/mol. The van der Waals surface area contributed by atoms with Crippen LogP contribution in [0, 0.1) is 0 Å². The van der Waals surface area contributed by atoms with Crippen molar-refractivity contribution >= 4 is 16.6 Å². The molecule has 0 saturated heterocycles. The third-order valence-electron chi connectivity index (χ3n) is 2.66. The first-order valence-corrected chi connectivity index (χ1v) is 5.13. The van der Waals surface area contributed by atoms with E-state index in [1.165, 1.54) is 5.56 Å². The first kappa shape index (κ1) is 9.97. The van der Waals surface area contributed by atoms with Gasteiger partial charge in [-0.15, -0.1) is 0 Å². The third-order valence-corrected chi connectivity index (χ3v) is 2.66. The fraction of sp³-hybridized carbons (Fsp3) is 0.308. The van der Waals surface area contributed by atoms with Crippen LogP contribution in [0.4, 0.5) is 5.82 Å². The fourth-order valence-corrected chi connectivity index (χ4v) is 1.66. The number of benzene rings is 1. The molecule has 0 bridgehead atoms. The molecule has 0 aliphatic rings. The summed E-state index contributed by atoms with van der Waals surface area (Å²) in [6, 6.07) is 8.38. The van der Waals surface area contributed by atoms with Gasteiger partial charge in [-0.05, 0) is 28.5 Å². The Bertz CT molecular complexity index is 495. The van der Waals surface area contributed by atoms with Crippen LogP contribution in [0.1, 0.15) is 26.3 Å². The van der Waals surface area contributed by atoms with Crippen molar-refractivity contribution in [1.29, 1.82) is 0 Å². The maximum absolute atomic E-state index is 5.86. The molecule has 15 heavy (non-hydrogen) atoms. The second kappa shape index (κ2) is 3.23. The van der Waals surface area contributed by atoms with E-state index in [1.807, 2.05) is 6.07 Å². The van der Waals surface area contributed by atoms with E-state index in [-0.39, 0.29) is 5.41 Å². The van der Waals surface area contributed by atoms with Crippen LogP contribution in [0.5, 0.6) is 0 Å². The summed E-state index contributed by atoms with van der Waals surface area (Å²) < 4.78 is 0. The molecule has 1 heterocycles. The van der Waals surface area contributed by atoms with Crippen LogP contribution in [-0.4, -0.2) is 4.98 Å². The lowest BCUT2D eigenvalue weighted by molar-refractivity contribution is 0.591. The number of hydrogen-bond acceptors (Lipinski definition) is 2. The van der Waals surface area contributed by atoms with Gasteiger partial charge in [0.05, 0.1) is 0 Å². The van der Waals surface area contributed by atoms with E-state index in [0.29, 0.717) is 5.82 Å². The van der Waals surface area contributed by atoms with Crippen molar-refractivity contribution in [2.45, 2.75) is 26.2 Å². The van der Waals surface area contributed by atoms with Crippen molar-refractivity contribution in [2.24, 2.45) is 0 Å². The Labute approximate surface area is 90.1 Å². The summed E-state index contributed by atoms with van der Waals surface area (Å²) in [5.74, 6) is 0.610. The minimum Gasteiger partial charge on any atom is -0.383 e. The zero-order chi connectivity index (χ0) is 11.1. The number of aromatic nitrogens is 1. The molecule has 0 atom stereocenters. The number of nitrogens with zero attached hydrogens (tertiary/aromatic N) is 1. The van der Waals surface area contributed by atoms with Gasteiger partial charge in [-0.3, -0.25) is 0 Å². The van der Waals surface area contributed by atoms with Crippen LogP contribution in [-0.2, 0) is 5.41 Å². The van der Waals surface area contributed by atoms with Crippen LogP contribution in [0.3, 0.4) is 0 Å². The highest BCUT2D eigenvalue weighted by Crippen LogP contribution is 2.27. The molecule has 1 aromatic heterocycles. The normalized spacial score (nSPS) is 11.9. The van der Waals surface area contributed by atoms with Crippen LogP contribution >= 0.6 is 0 Å². The number of hydrogen-bond donors (Lipinski definition) is 1. The summed E-state index contributed by atoms with van der Waals surface area (Å²) in [6.07, 6.45) is 1.74. The number of fused-ring (bicyclic) bond motifs is 1. The first-order valence-electron chi connectivity index (χ1n) is 5.13. The van der Waals surface area contributed by atoms with Gasteiger partial charge in [0.15, 0.2) is 0 Å². The van der Waals surface area contributed by atoms with Crippen molar-refractivity contribution in [3.8, 4) is 0 Å². The summed E-state index contributed by atoms with van der Waals surface area (Å²) in [6.45, 7) is 6.59. The molecule has 2 aromatic rings. The highest BCUT2D eigenvalue weighted by molar-refractivity contribution is 5.91. The lowest BCUT2D eigenvalue weighted by Gasteiger charge is -2.19. The van der Waals surface area contributed by atoms with E-state index in [0.717, 1.165) is 10.8 Å². The van der Waals surface area contributed by atoms with Crippen molar-refractivity contribution in [3.63, 3.8) is 0 Å². The quantitative estimate of drug-likeness (QED) is 0.709. The molecule has 2 heteroatoms. The third kappa shape index (κ3) is 1.80. The van der Waals surface area contributed by atoms with Crippen molar-refractivity contribution < 1.29 is 0 Å². The smallest absolute Gasteiger partial charge is 0.131 e. The van der Waals surface area contributed by atoms with Gasteiger partial charge < -0.3 is 5.73 Å². The zero-order valence-corrected chi connectivity index (χ0v) is 9.41. The minimum atomic E-state index is 0.149. The molecule has 2 rings (SSSR count). The number of anilines is 1. The molecule has 0 aliphatic carbocycles. The lowest BCUT2D eigenvalue weighted by atomic mass is 9.86. The van der Waals surface area contributed by atoms with E-state index in [4.69, 9.17) is 5.73 Å². The van der Waals surface area contributed by atoms with Gasteiger partial charge in [-0.1, -0.05) is 32.9 Å². The monoisotopic (exact) mass is 200 g/mol. The highest BCUT2D eigenvalue weighted by atomic mass is 14.8. The van der Waals surface area contributed by atoms with Gasteiger partial charge in [0.25, 0.3) is 0 Å². The summed E-state index contributed by atoms with van der Waals surface area (Å²) >= 11 is 0. The predicted molar refractivity (Wildman–Crippen MR) is 64.9 cm³/mol. The Morgan fingerprint density at radius 3 is 2.53 bits per heavy atom. The van der Waals surface area contributed by atoms with Crippen molar-refractivity contribution in [3.05, 3.63) is 36.0 Å². The SMILES string of the molecule is CC(C)(C)c1ccc2ccnc(N)c2c1. The Kier molecular flexibility index (Phi) is 2.14. The van der Waals surface area contributed by atoms with Crippen LogP contribution in [0.15, 0.2) is 30.5 Å². The molecule has 2 nitrogen and oxygen atoms in total. The largest absolute Gasteiger partial charge is 0.383 e. The van der Waals surface area contributed by atoms with Crippen LogP contribution in [0.25, 0.3) is 10.8 Å². The molecular formula is C13H16N2. The van der Waals surface area contributed by atoms with Gasteiger partial charge >= 0.3 is 0 Å². The molecular weight excluding hydrogens is 184 g/mol. The molecule has 0 saturated carbocycles. The van der Waals surface area contributed by atoms with E-state index in [9.17, 15) is 0 Å². The maximum Gasteiger partial charge on any atom is 0.131 e. The van der Waals surface area contributed by atoms with Crippen LogP contribution < -0.4 is 5.73 Å². The zero-order valence-electron chi connectivity index (χ0n) is 9.41. The average Bonchev–Trinajstić information content (AvgIpc) is 2.16. The Morgan fingerprint density at radius 2 is 1.87 bits per heavy atom. The molecule has 0 unspecified atom stereocenters. The van der Waals surface area contributed by atoms with Crippen molar-refractivity contribution in [2.75, 3.05) is 5.73 Å². The van der Waals surface area contributed by atoms with Gasteiger partial charge in [-0.25, -0.2) is 4.98 Å². The number of pyridine rings is 1. The second-order valence-electron chi connectivity index (χ2n) is 4.88. The Balaban J connectivity index is 2.70. The highest BCUT2D eigenvalue weighted by Gasteiger charge is 2.14. The van der Waals surface area contributed by atoms with Crippen molar-refractivity contribution in [1.82, 2.24) is 4.98 Å².